The second kappa shape index (κ2) is 11.4. The van der Waals surface area contributed by atoms with E-state index < -0.39 is 22.5 Å². The minimum absolute atomic E-state index is 0.0635. The Labute approximate surface area is 205 Å². The smallest absolute Gasteiger partial charge is 0.264 e. The molecule has 1 amide bonds. The molecule has 10 heteroatoms. The number of rotatable bonds is 10. The van der Waals surface area contributed by atoms with E-state index in [0.29, 0.717) is 34.2 Å². The third-order valence-electron chi connectivity index (χ3n) is 5.13. The van der Waals surface area contributed by atoms with E-state index in [9.17, 15) is 13.2 Å². The normalized spacial score (nSPS) is 11.5. The number of anilines is 1. The fourth-order valence-corrected chi connectivity index (χ4v) is 4.66. The van der Waals surface area contributed by atoms with E-state index in [-0.39, 0.29) is 4.90 Å². The first-order valence-corrected chi connectivity index (χ1v) is 12.0. The summed E-state index contributed by atoms with van der Waals surface area (Å²) in [5, 5.41) is 4.13. The van der Waals surface area contributed by atoms with Crippen LogP contribution in [-0.4, -0.2) is 47.9 Å². The van der Waals surface area contributed by atoms with Gasteiger partial charge in [-0.25, -0.2) is 13.8 Å². The van der Waals surface area contributed by atoms with Crippen molar-refractivity contribution < 1.29 is 27.4 Å². The van der Waals surface area contributed by atoms with E-state index in [1.165, 1.54) is 33.5 Å². The lowest BCUT2D eigenvalue weighted by molar-refractivity contribution is -0.119. The van der Waals surface area contributed by atoms with Crippen molar-refractivity contribution in [2.75, 3.05) is 32.2 Å². The van der Waals surface area contributed by atoms with Crippen LogP contribution in [0.15, 0.2) is 82.8 Å². The van der Waals surface area contributed by atoms with Crippen LogP contribution in [0.25, 0.3) is 0 Å². The number of sulfonamides is 1. The Morgan fingerprint density at radius 1 is 0.886 bits per heavy atom. The first-order chi connectivity index (χ1) is 16.8. The number of nitrogens with zero attached hydrogens (tertiary/aromatic N) is 2. The van der Waals surface area contributed by atoms with Gasteiger partial charge in [-0.1, -0.05) is 18.2 Å². The van der Waals surface area contributed by atoms with Crippen molar-refractivity contribution in [3.63, 3.8) is 0 Å². The number of carbonyl (C=O) groups is 1. The molecule has 0 heterocycles. The molecule has 0 bridgehead atoms. The number of nitrogens with one attached hydrogen (secondary N) is 1. The third-order valence-corrected chi connectivity index (χ3v) is 6.92. The molecular weight excluding hydrogens is 470 g/mol. The SMILES string of the molecule is COc1ccc(N(CC(=O)N/N=C(\C)c2ccc(OC)c(OC)c2)S(=O)(=O)c2ccccc2)cc1. The summed E-state index contributed by atoms with van der Waals surface area (Å²) in [5.41, 5.74) is 3.95. The fourth-order valence-electron chi connectivity index (χ4n) is 3.22. The maximum absolute atomic E-state index is 13.4. The average Bonchev–Trinajstić information content (AvgIpc) is 2.90. The number of benzene rings is 3. The van der Waals surface area contributed by atoms with Gasteiger partial charge >= 0.3 is 0 Å². The van der Waals surface area contributed by atoms with Crippen LogP contribution < -0.4 is 23.9 Å². The number of amides is 1. The highest BCUT2D eigenvalue weighted by Gasteiger charge is 2.27. The van der Waals surface area contributed by atoms with Crippen LogP contribution in [0.4, 0.5) is 5.69 Å². The molecule has 0 saturated heterocycles. The molecule has 3 aromatic rings. The molecule has 0 aliphatic rings. The van der Waals surface area contributed by atoms with Gasteiger partial charge in [-0.15, -0.1) is 0 Å². The van der Waals surface area contributed by atoms with Gasteiger partial charge in [0.05, 0.1) is 37.6 Å². The Bertz CT molecular complexity index is 1290. The topological polar surface area (TPSA) is 107 Å². The van der Waals surface area contributed by atoms with Gasteiger partial charge in [-0.3, -0.25) is 9.10 Å². The van der Waals surface area contributed by atoms with Crippen LogP contribution in [0.1, 0.15) is 12.5 Å². The number of ether oxygens (including phenoxy) is 3. The molecule has 1 N–H and O–H groups in total. The van der Waals surface area contributed by atoms with Gasteiger partial charge in [-0.05, 0) is 61.5 Å². The van der Waals surface area contributed by atoms with Crippen LogP contribution in [-0.2, 0) is 14.8 Å². The van der Waals surface area contributed by atoms with Crippen molar-refractivity contribution in [2.45, 2.75) is 11.8 Å². The lowest BCUT2D eigenvalue weighted by atomic mass is 10.1. The van der Waals surface area contributed by atoms with Crippen molar-refractivity contribution in [1.82, 2.24) is 5.43 Å². The van der Waals surface area contributed by atoms with Crippen molar-refractivity contribution in [2.24, 2.45) is 5.10 Å². The largest absolute Gasteiger partial charge is 0.497 e. The second-order valence-corrected chi connectivity index (χ2v) is 9.19. The number of hydrazone groups is 1. The predicted molar refractivity (Wildman–Crippen MR) is 134 cm³/mol. The number of carbonyl (C=O) groups excluding carboxylic acids is 1. The fraction of sp³-hybridized carbons (Fsp3) is 0.200. The summed E-state index contributed by atoms with van der Waals surface area (Å²) < 4.78 is 43.4. The zero-order valence-corrected chi connectivity index (χ0v) is 20.7. The maximum atomic E-state index is 13.4. The van der Waals surface area contributed by atoms with Gasteiger partial charge in [0.2, 0.25) is 0 Å². The molecule has 0 aliphatic carbocycles. The quantitative estimate of drug-likeness (QED) is 0.340. The van der Waals surface area contributed by atoms with Crippen LogP contribution in [0.2, 0.25) is 0 Å². The zero-order chi connectivity index (χ0) is 25.4. The number of methoxy groups -OCH3 is 3. The Morgan fingerprint density at radius 2 is 1.54 bits per heavy atom. The summed E-state index contributed by atoms with van der Waals surface area (Å²) in [6.45, 7) is 1.23. The Balaban J connectivity index is 1.85. The first kappa shape index (κ1) is 25.6. The zero-order valence-electron chi connectivity index (χ0n) is 19.9. The molecule has 184 valence electrons. The summed E-state index contributed by atoms with van der Waals surface area (Å²) in [5.74, 6) is 1.03. The molecule has 0 aromatic heterocycles. The van der Waals surface area contributed by atoms with Gasteiger partial charge in [-0.2, -0.15) is 5.10 Å². The van der Waals surface area contributed by atoms with Crippen LogP contribution >= 0.6 is 0 Å². The van der Waals surface area contributed by atoms with Crippen molar-refractivity contribution in [1.29, 1.82) is 0 Å². The molecule has 0 saturated carbocycles. The van der Waals surface area contributed by atoms with E-state index >= 15 is 0 Å². The summed E-state index contributed by atoms with van der Waals surface area (Å²) in [7, 11) is 0.553. The Hall–Kier alpha value is -4.05. The molecule has 0 radical (unpaired) electrons. The monoisotopic (exact) mass is 497 g/mol. The molecule has 0 atom stereocenters. The Kier molecular flexibility index (Phi) is 8.32. The summed E-state index contributed by atoms with van der Waals surface area (Å²) in [6, 6.07) is 19.5. The highest BCUT2D eigenvalue weighted by atomic mass is 32.2. The van der Waals surface area contributed by atoms with E-state index in [1.807, 2.05) is 0 Å². The van der Waals surface area contributed by atoms with Crippen molar-refractivity contribution in [3.8, 4) is 17.2 Å². The number of hydrogen-bond acceptors (Lipinski definition) is 7. The van der Waals surface area contributed by atoms with Gasteiger partial charge in [0.15, 0.2) is 11.5 Å². The second-order valence-electron chi connectivity index (χ2n) is 7.32. The minimum atomic E-state index is -4.02. The molecule has 0 spiro atoms. The van der Waals surface area contributed by atoms with Gasteiger partial charge in [0.1, 0.15) is 12.3 Å². The van der Waals surface area contributed by atoms with Crippen molar-refractivity contribution >= 4 is 27.3 Å². The van der Waals surface area contributed by atoms with Gasteiger partial charge < -0.3 is 14.2 Å². The van der Waals surface area contributed by atoms with E-state index in [2.05, 4.69) is 10.5 Å². The van der Waals surface area contributed by atoms with Gasteiger partial charge in [0.25, 0.3) is 15.9 Å². The third kappa shape index (κ3) is 6.10. The molecule has 35 heavy (non-hydrogen) atoms. The first-order valence-electron chi connectivity index (χ1n) is 10.6. The van der Waals surface area contributed by atoms with E-state index in [4.69, 9.17) is 14.2 Å². The van der Waals surface area contributed by atoms with Crippen LogP contribution in [0, 0.1) is 0 Å². The molecule has 0 fully saturated rings. The van der Waals surface area contributed by atoms with E-state index in [0.717, 1.165) is 4.31 Å². The summed E-state index contributed by atoms with van der Waals surface area (Å²) in [4.78, 5) is 12.9. The number of hydrogen-bond donors (Lipinski definition) is 1. The minimum Gasteiger partial charge on any atom is -0.497 e. The highest BCUT2D eigenvalue weighted by molar-refractivity contribution is 7.92. The highest BCUT2D eigenvalue weighted by Crippen LogP contribution is 2.28. The standard InChI is InChI=1S/C25H27N3O6S/c1-18(19-10-15-23(33-3)24(16-19)34-4)26-27-25(29)17-28(20-11-13-21(32-2)14-12-20)35(30,31)22-8-6-5-7-9-22/h5-16H,17H2,1-4H3,(H,27,29)/b26-18+. The molecular formula is C25H27N3O6S. The van der Waals surface area contributed by atoms with E-state index in [1.54, 1.807) is 67.6 Å². The Morgan fingerprint density at radius 3 is 2.14 bits per heavy atom. The lowest BCUT2D eigenvalue weighted by Crippen LogP contribution is -2.39. The average molecular weight is 498 g/mol. The molecule has 3 rings (SSSR count). The summed E-state index contributed by atoms with van der Waals surface area (Å²) in [6.07, 6.45) is 0. The molecule has 9 nitrogen and oxygen atoms in total. The molecule has 0 unspecified atom stereocenters. The lowest BCUT2D eigenvalue weighted by Gasteiger charge is -2.24. The van der Waals surface area contributed by atoms with Crippen LogP contribution in [0.3, 0.4) is 0 Å². The van der Waals surface area contributed by atoms with Crippen molar-refractivity contribution in [3.05, 3.63) is 78.4 Å². The molecule has 0 aliphatic heterocycles. The maximum Gasteiger partial charge on any atom is 0.264 e. The van der Waals surface area contributed by atoms with Crippen LogP contribution in [0.5, 0.6) is 17.2 Å². The predicted octanol–water partition coefficient (Wildman–Crippen LogP) is 3.45. The summed E-state index contributed by atoms with van der Waals surface area (Å²) >= 11 is 0. The van der Waals surface area contributed by atoms with Gasteiger partial charge in [0, 0.05) is 5.56 Å². The molecule has 3 aromatic carbocycles.